The number of benzene rings is 3. The molecule has 1 amide bonds. The smallest absolute Gasteiger partial charge is 0.338 e. The number of nitro groups is 1. The Morgan fingerprint density at radius 3 is 2.43 bits per heavy atom. The summed E-state index contributed by atoms with van der Waals surface area (Å²) in [6.45, 7) is 1.76. The maximum absolute atomic E-state index is 13.0. The fourth-order valence-corrected chi connectivity index (χ4v) is 2.98. The van der Waals surface area contributed by atoms with Crippen LogP contribution in [0.2, 0.25) is 0 Å². The first kappa shape index (κ1) is 19.0. The highest BCUT2D eigenvalue weighted by molar-refractivity contribution is 6.11. The van der Waals surface area contributed by atoms with Crippen LogP contribution in [0.15, 0.2) is 60.7 Å². The molecule has 0 fully saturated rings. The van der Waals surface area contributed by atoms with Crippen molar-refractivity contribution in [1.29, 1.82) is 0 Å². The zero-order valence-electron chi connectivity index (χ0n) is 15.4. The van der Waals surface area contributed by atoms with Gasteiger partial charge in [-0.1, -0.05) is 36.4 Å². The second-order valence-electron chi connectivity index (χ2n) is 6.11. The number of nitro benzene ring substituents is 1. The van der Waals surface area contributed by atoms with Crippen molar-refractivity contribution in [2.75, 3.05) is 18.6 Å². The molecule has 0 aliphatic carbocycles. The van der Waals surface area contributed by atoms with Gasteiger partial charge in [-0.3, -0.25) is 14.9 Å². The summed E-state index contributed by atoms with van der Waals surface area (Å²) < 4.78 is 4.91. The largest absolute Gasteiger partial charge is 0.462 e. The van der Waals surface area contributed by atoms with Gasteiger partial charge in [0.1, 0.15) is 0 Å². The third kappa shape index (κ3) is 3.68. The molecule has 0 N–H and O–H groups in total. The number of fused-ring (bicyclic) bond motifs is 1. The van der Waals surface area contributed by atoms with Crippen LogP contribution in [0, 0.1) is 10.1 Å². The van der Waals surface area contributed by atoms with Crippen LogP contribution in [-0.4, -0.2) is 30.5 Å². The normalized spacial score (nSPS) is 10.5. The van der Waals surface area contributed by atoms with Crippen molar-refractivity contribution in [3.8, 4) is 0 Å². The lowest BCUT2D eigenvalue weighted by Gasteiger charge is -2.19. The van der Waals surface area contributed by atoms with Gasteiger partial charge in [0.2, 0.25) is 0 Å². The number of nitrogens with zero attached hydrogens (tertiary/aromatic N) is 2. The molecule has 0 bridgehead atoms. The van der Waals surface area contributed by atoms with Crippen molar-refractivity contribution in [3.63, 3.8) is 0 Å². The molecule has 142 valence electrons. The highest BCUT2D eigenvalue weighted by atomic mass is 16.6. The number of esters is 1. The average Bonchev–Trinajstić information content (AvgIpc) is 2.72. The topological polar surface area (TPSA) is 89.8 Å². The molecule has 0 aliphatic heterocycles. The maximum Gasteiger partial charge on any atom is 0.338 e. The van der Waals surface area contributed by atoms with Crippen molar-refractivity contribution in [1.82, 2.24) is 0 Å². The van der Waals surface area contributed by atoms with E-state index in [4.69, 9.17) is 4.74 Å². The molecule has 3 rings (SSSR count). The molecule has 0 spiro atoms. The van der Waals surface area contributed by atoms with Gasteiger partial charge in [-0.15, -0.1) is 0 Å². The summed E-state index contributed by atoms with van der Waals surface area (Å²) in [7, 11) is 1.59. The highest BCUT2D eigenvalue weighted by Crippen LogP contribution is 2.28. The lowest BCUT2D eigenvalue weighted by molar-refractivity contribution is -0.384. The second kappa shape index (κ2) is 7.87. The van der Waals surface area contributed by atoms with Crippen molar-refractivity contribution < 1.29 is 19.2 Å². The summed E-state index contributed by atoms with van der Waals surface area (Å²) in [5.41, 5.74) is 0.311. The molecule has 28 heavy (non-hydrogen) atoms. The lowest BCUT2D eigenvalue weighted by atomic mass is 10.1. The third-order valence-corrected chi connectivity index (χ3v) is 4.32. The molecule has 7 nitrogen and oxygen atoms in total. The van der Waals surface area contributed by atoms with E-state index >= 15 is 0 Å². The number of hydrogen-bond donors (Lipinski definition) is 0. The lowest BCUT2D eigenvalue weighted by Crippen LogP contribution is -2.26. The van der Waals surface area contributed by atoms with Gasteiger partial charge in [0, 0.05) is 30.1 Å². The van der Waals surface area contributed by atoms with E-state index in [-0.39, 0.29) is 23.4 Å². The monoisotopic (exact) mass is 378 g/mol. The molecular formula is C21H18N2O5. The Labute approximate surface area is 161 Å². The Morgan fingerprint density at radius 2 is 1.71 bits per heavy atom. The van der Waals surface area contributed by atoms with Gasteiger partial charge in [-0.05, 0) is 24.4 Å². The first-order valence-electron chi connectivity index (χ1n) is 8.64. The van der Waals surface area contributed by atoms with Crippen LogP contribution in [0.5, 0.6) is 0 Å². The molecule has 3 aromatic rings. The third-order valence-electron chi connectivity index (χ3n) is 4.32. The Bertz CT molecular complexity index is 1070. The standard InChI is InChI=1S/C21H18N2O5/c1-3-28-21(25)16-11-15(12-17(13-16)23(26)27)20(24)22(2)19-10-6-8-14-7-4-5-9-18(14)19/h4-13H,3H2,1-2H3. The summed E-state index contributed by atoms with van der Waals surface area (Å²) in [6.07, 6.45) is 0. The molecule has 0 atom stereocenters. The summed E-state index contributed by atoms with van der Waals surface area (Å²) in [5, 5.41) is 13.1. The Balaban J connectivity index is 2.05. The maximum atomic E-state index is 13.0. The van der Waals surface area contributed by atoms with Crippen LogP contribution in [0.3, 0.4) is 0 Å². The molecule has 0 radical (unpaired) electrons. The minimum Gasteiger partial charge on any atom is -0.462 e. The molecule has 0 saturated heterocycles. The van der Waals surface area contributed by atoms with Crippen molar-refractivity contribution in [3.05, 3.63) is 81.9 Å². The van der Waals surface area contributed by atoms with Gasteiger partial charge in [0.25, 0.3) is 11.6 Å². The number of amides is 1. The first-order valence-corrected chi connectivity index (χ1v) is 8.64. The Morgan fingerprint density at radius 1 is 1.04 bits per heavy atom. The number of carbonyl (C=O) groups excluding carboxylic acids is 2. The van der Waals surface area contributed by atoms with Crippen molar-refractivity contribution in [2.45, 2.75) is 6.92 Å². The van der Waals surface area contributed by atoms with E-state index in [9.17, 15) is 19.7 Å². The minimum atomic E-state index is -0.715. The molecule has 3 aromatic carbocycles. The van der Waals surface area contributed by atoms with Crippen LogP contribution in [0.25, 0.3) is 10.8 Å². The van der Waals surface area contributed by atoms with Crippen LogP contribution in [-0.2, 0) is 4.74 Å². The zero-order chi connectivity index (χ0) is 20.3. The van der Waals surface area contributed by atoms with Crippen molar-refractivity contribution >= 4 is 34.0 Å². The number of anilines is 1. The molecule has 0 aromatic heterocycles. The fraction of sp³-hybridized carbons (Fsp3) is 0.143. The van der Waals surface area contributed by atoms with Gasteiger partial charge in [0.05, 0.1) is 22.8 Å². The van der Waals surface area contributed by atoms with Gasteiger partial charge in [-0.2, -0.15) is 0 Å². The van der Waals surface area contributed by atoms with Crippen LogP contribution in [0.1, 0.15) is 27.6 Å². The van der Waals surface area contributed by atoms with Gasteiger partial charge in [0.15, 0.2) is 0 Å². The Kier molecular flexibility index (Phi) is 5.35. The SMILES string of the molecule is CCOC(=O)c1cc(C(=O)N(C)c2cccc3ccccc23)cc([N+](=O)[O-])c1. The van der Waals surface area contributed by atoms with E-state index in [1.54, 1.807) is 20.0 Å². The van der Waals surface area contributed by atoms with E-state index in [0.717, 1.165) is 22.9 Å². The van der Waals surface area contributed by atoms with Gasteiger partial charge in [-0.25, -0.2) is 4.79 Å². The highest BCUT2D eigenvalue weighted by Gasteiger charge is 2.22. The number of carbonyl (C=O) groups is 2. The zero-order valence-corrected chi connectivity index (χ0v) is 15.4. The molecule has 0 saturated carbocycles. The quantitative estimate of drug-likeness (QED) is 0.377. The molecule has 7 heteroatoms. The second-order valence-corrected chi connectivity index (χ2v) is 6.11. The van der Waals surface area contributed by atoms with Crippen LogP contribution < -0.4 is 4.90 Å². The summed E-state index contributed by atoms with van der Waals surface area (Å²) in [5.74, 6) is -1.18. The first-order chi connectivity index (χ1) is 13.4. The Hall–Kier alpha value is -3.74. The molecule has 0 aliphatic rings. The predicted octanol–water partition coefficient (Wildman–Crippen LogP) is 4.20. The summed E-state index contributed by atoms with van der Waals surface area (Å²) >= 11 is 0. The van der Waals surface area contributed by atoms with Crippen LogP contribution in [0.4, 0.5) is 11.4 Å². The molecule has 0 heterocycles. The van der Waals surface area contributed by atoms with Crippen LogP contribution >= 0.6 is 0 Å². The summed E-state index contributed by atoms with van der Waals surface area (Å²) in [6, 6.07) is 16.7. The number of hydrogen-bond acceptors (Lipinski definition) is 5. The minimum absolute atomic E-state index is 0.0349. The van der Waals surface area contributed by atoms with Gasteiger partial charge < -0.3 is 9.64 Å². The average molecular weight is 378 g/mol. The van der Waals surface area contributed by atoms with E-state index < -0.39 is 16.8 Å². The number of non-ortho nitro benzene ring substituents is 1. The van der Waals surface area contributed by atoms with E-state index in [1.807, 2.05) is 36.4 Å². The molecule has 0 unspecified atom stereocenters. The predicted molar refractivity (Wildman–Crippen MR) is 106 cm³/mol. The fourth-order valence-electron chi connectivity index (χ4n) is 2.98. The molecular weight excluding hydrogens is 360 g/mol. The van der Waals surface area contributed by atoms with E-state index in [1.165, 1.54) is 11.0 Å². The van der Waals surface area contributed by atoms with Crippen molar-refractivity contribution in [2.24, 2.45) is 0 Å². The van der Waals surface area contributed by atoms with Gasteiger partial charge >= 0.3 is 5.97 Å². The van der Waals surface area contributed by atoms with E-state index in [2.05, 4.69) is 0 Å². The number of ether oxygens (including phenoxy) is 1. The number of rotatable bonds is 5. The summed E-state index contributed by atoms with van der Waals surface area (Å²) in [4.78, 5) is 37.1. The van der Waals surface area contributed by atoms with E-state index in [0.29, 0.717) is 5.69 Å².